The van der Waals surface area contributed by atoms with Crippen molar-refractivity contribution in [2.45, 2.75) is 25.7 Å². The van der Waals surface area contributed by atoms with Gasteiger partial charge in [-0.1, -0.05) is 6.07 Å². The largest absolute Gasteiger partial charge is 0.497 e. The molecule has 0 fully saturated rings. The number of hydrogen-bond donors (Lipinski definition) is 3. The summed E-state index contributed by atoms with van der Waals surface area (Å²) in [5, 5.41) is 15.8. The van der Waals surface area contributed by atoms with Gasteiger partial charge in [0, 0.05) is 16.6 Å². The molecule has 3 N–H and O–H groups in total. The highest BCUT2D eigenvalue weighted by atomic mass is 32.1. The molecule has 0 aliphatic heterocycles. The van der Waals surface area contributed by atoms with Gasteiger partial charge in [-0.3, -0.25) is 9.59 Å². The summed E-state index contributed by atoms with van der Waals surface area (Å²) in [6.45, 7) is 0.287. The van der Waals surface area contributed by atoms with Crippen molar-refractivity contribution in [2.75, 3.05) is 37.9 Å². The van der Waals surface area contributed by atoms with E-state index < -0.39 is 0 Å². The van der Waals surface area contributed by atoms with Crippen molar-refractivity contribution in [3.05, 3.63) is 40.3 Å². The van der Waals surface area contributed by atoms with Crippen molar-refractivity contribution in [3.8, 4) is 11.8 Å². The Hall–Kier alpha value is -2.89. The molecule has 0 saturated heterocycles. The number of carbonyl (C=O) groups excluding carboxylic acids is 2. The van der Waals surface area contributed by atoms with Gasteiger partial charge < -0.3 is 20.3 Å². The average molecular weight is 414 g/mol. The van der Waals surface area contributed by atoms with Crippen molar-refractivity contribution in [2.24, 2.45) is 0 Å². The first-order valence-electron chi connectivity index (χ1n) is 9.60. The van der Waals surface area contributed by atoms with Crippen molar-refractivity contribution in [1.29, 1.82) is 5.26 Å². The SMILES string of the molecule is COc1cccc(NC(=O)C[NH+](C)CC(=O)Nc2sc3c(c2C#N)CCCC3)c1. The van der Waals surface area contributed by atoms with Crippen molar-refractivity contribution in [3.63, 3.8) is 0 Å². The van der Waals surface area contributed by atoms with Crippen LogP contribution in [0.1, 0.15) is 28.8 Å². The number of hydrogen-bond acceptors (Lipinski definition) is 5. The highest BCUT2D eigenvalue weighted by Crippen LogP contribution is 2.37. The van der Waals surface area contributed by atoms with Crippen LogP contribution in [0.15, 0.2) is 24.3 Å². The molecule has 3 rings (SSSR count). The van der Waals surface area contributed by atoms with E-state index in [0.717, 1.165) is 36.1 Å². The summed E-state index contributed by atoms with van der Waals surface area (Å²) in [6.07, 6.45) is 4.09. The van der Waals surface area contributed by atoms with Gasteiger partial charge in [-0.2, -0.15) is 5.26 Å². The fourth-order valence-electron chi connectivity index (χ4n) is 3.46. The number of anilines is 2. The number of methoxy groups -OCH3 is 1. The highest BCUT2D eigenvalue weighted by molar-refractivity contribution is 7.16. The first kappa shape index (κ1) is 20.8. The second-order valence-electron chi connectivity index (χ2n) is 7.17. The lowest BCUT2D eigenvalue weighted by Gasteiger charge is -2.14. The summed E-state index contributed by atoms with van der Waals surface area (Å²) in [6, 6.07) is 9.36. The van der Waals surface area contributed by atoms with Gasteiger partial charge in [-0.25, -0.2) is 0 Å². The quantitative estimate of drug-likeness (QED) is 0.643. The Balaban J connectivity index is 1.53. The molecular weight excluding hydrogens is 388 g/mol. The molecule has 0 bridgehead atoms. The smallest absolute Gasteiger partial charge is 0.280 e. The number of nitriles is 1. The monoisotopic (exact) mass is 413 g/mol. The number of nitrogens with one attached hydrogen (secondary N) is 3. The molecule has 0 radical (unpaired) electrons. The fraction of sp³-hybridized carbons (Fsp3) is 0.381. The maximum Gasteiger partial charge on any atom is 0.280 e. The van der Waals surface area contributed by atoms with E-state index in [2.05, 4.69) is 16.7 Å². The van der Waals surface area contributed by atoms with Gasteiger partial charge in [0.25, 0.3) is 11.8 Å². The number of carbonyl (C=O) groups is 2. The molecule has 1 aliphatic rings. The summed E-state index contributed by atoms with van der Waals surface area (Å²) < 4.78 is 5.14. The molecule has 1 unspecified atom stereocenters. The minimum atomic E-state index is -0.202. The van der Waals surface area contributed by atoms with Crippen LogP contribution in [0.2, 0.25) is 0 Å². The minimum Gasteiger partial charge on any atom is -0.497 e. The average Bonchev–Trinajstić information content (AvgIpc) is 3.04. The first-order valence-corrected chi connectivity index (χ1v) is 10.4. The van der Waals surface area contributed by atoms with E-state index >= 15 is 0 Å². The lowest BCUT2D eigenvalue weighted by atomic mass is 9.96. The number of nitrogens with zero attached hydrogens (tertiary/aromatic N) is 1. The summed E-state index contributed by atoms with van der Waals surface area (Å²) in [5.41, 5.74) is 2.35. The molecule has 1 heterocycles. The topological polar surface area (TPSA) is 95.7 Å². The Morgan fingerprint density at radius 1 is 1.21 bits per heavy atom. The third-order valence-corrected chi connectivity index (χ3v) is 6.02. The van der Waals surface area contributed by atoms with Gasteiger partial charge in [0.05, 0.1) is 19.7 Å². The maximum absolute atomic E-state index is 12.4. The van der Waals surface area contributed by atoms with Crippen LogP contribution in [-0.2, 0) is 22.4 Å². The molecule has 2 amide bonds. The number of benzene rings is 1. The van der Waals surface area contributed by atoms with Crippen LogP contribution in [0.3, 0.4) is 0 Å². The number of thiophene rings is 1. The molecule has 1 aromatic carbocycles. The molecule has 1 aromatic heterocycles. The van der Waals surface area contributed by atoms with E-state index in [0.29, 0.717) is 22.0 Å². The Labute approximate surface area is 174 Å². The third kappa shape index (κ3) is 5.34. The highest BCUT2D eigenvalue weighted by Gasteiger charge is 2.23. The van der Waals surface area contributed by atoms with Crippen molar-refractivity contribution < 1.29 is 19.2 Å². The van der Waals surface area contributed by atoms with Crippen LogP contribution in [-0.4, -0.2) is 39.1 Å². The van der Waals surface area contributed by atoms with E-state index in [-0.39, 0.29) is 24.9 Å². The van der Waals surface area contributed by atoms with Crippen LogP contribution in [0, 0.1) is 11.3 Å². The van der Waals surface area contributed by atoms with Gasteiger partial charge >= 0.3 is 0 Å². The Morgan fingerprint density at radius 3 is 2.66 bits per heavy atom. The molecule has 29 heavy (non-hydrogen) atoms. The number of rotatable bonds is 7. The van der Waals surface area contributed by atoms with Crippen LogP contribution in [0.4, 0.5) is 10.7 Å². The van der Waals surface area contributed by atoms with E-state index in [4.69, 9.17) is 4.74 Å². The zero-order valence-corrected chi connectivity index (χ0v) is 17.4. The number of likely N-dealkylation sites (N-methyl/N-ethyl adjacent to an activating group) is 1. The van der Waals surface area contributed by atoms with Gasteiger partial charge in [-0.05, 0) is 43.4 Å². The van der Waals surface area contributed by atoms with E-state index in [1.807, 2.05) is 0 Å². The number of quaternary nitrogens is 1. The summed E-state index contributed by atoms with van der Waals surface area (Å²) in [4.78, 5) is 26.7. The molecule has 0 saturated carbocycles. The van der Waals surface area contributed by atoms with E-state index in [1.54, 1.807) is 38.4 Å². The molecule has 0 spiro atoms. The van der Waals surface area contributed by atoms with E-state index in [1.165, 1.54) is 16.2 Å². The summed E-state index contributed by atoms with van der Waals surface area (Å²) >= 11 is 1.51. The molecule has 7 nitrogen and oxygen atoms in total. The third-order valence-electron chi connectivity index (χ3n) is 4.81. The first-order chi connectivity index (χ1) is 14.0. The Morgan fingerprint density at radius 2 is 1.93 bits per heavy atom. The minimum absolute atomic E-state index is 0.138. The van der Waals surface area contributed by atoms with Crippen LogP contribution >= 0.6 is 11.3 Å². The summed E-state index contributed by atoms with van der Waals surface area (Å²) in [7, 11) is 3.36. The molecule has 1 aliphatic carbocycles. The van der Waals surface area contributed by atoms with Gasteiger partial charge in [0.15, 0.2) is 13.1 Å². The Kier molecular flexibility index (Phi) is 6.86. The van der Waals surface area contributed by atoms with Crippen molar-refractivity contribution in [1.82, 2.24) is 0 Å². The van der Waals surface area contributed by atoms with Crippen LogP contribution in [0.5, 0.6) is 5.75 Å². The predicted molar refractivity (Wildman–Crippen MR) is 113 cm³/mol. The van der Waals surface area contributed by atoms with Crippen molar-refractivity contribution >= 4 is 33.8 Å². The normalized spacial score (nSPS) is 13.7. The fourth-order valence-corrected chi connectivity index (χ4v) is 4.72. The zero-order chi connectivity index (χ0) is 20.8. The molecule has 152 valence electrons. The number of fused-ring (bicyclic) bond motifs is 1. The lowest BCUT2D eigenvalue weighted by molar-refractivity contribution is -0.862. The van der Waals surface area contributed by atoms with Crippen LogP contribution < -0.4 is 20.3 Å². The lowest BCUT2D eigenvalue weighted by Crippen LogP contribution is -3.11. The molecule has 1 atom stereocenters. The number of amides is 2. The second-order valence-corrected chi connectivity index (χ2v) is 8.27. The standard InChI is InChI=1S/C21H24N4O3S/c1-25(12-19(26)23-14-6-5-7-15(10-14)28-2)13-20(27)24-21-17(11-22)16-8-3-4-9-18(16)29-21/h5-7,10H,3-4,8-9,12-13H2,1-2H3,(H,23,26)(H,24,27)/p+1. The molecule has 8 heteroatoms. The van der Waals surface area contributed by atoms with Crippen LogP contribution in [0.25, 0.3) is 0 Å². The predicted octanol–water partition coefficient (Wildman–Crippen LogP) is 1.60. The maximum atomic E-state index is 12.4. The zero-order valence-electron chi connectivity index (χ0n) is 16.6. The second kappa shape index (κ2) is 9.54. The molecular formula is C21H25N4O3S+. The molecule has 2 aromatic rings. The van der Waals surface area contributed by atoms with Gasteiger partial charge in [0.2, 0.25) is 0 Å². The Bertz CT molecular complexity index is 948. The number of aryl methyl sites for hydroxylation is 1. The van der Waals surface area contributed by atoms with E-state index in [9.17, 15) is 14.9 Å². The summed E-state index contributed by atoms with van der Waals surface area (Å²) in [5.74, 6) is 0.273. The van der Waals surface area contributed by atoms with Gasteiger partial charge in [-0.15, -0.1) is 11.3 Å². The van der Waals surface area contributed by atoms with Gasteiger partial charge in [0.1, 0.15) is 16.8 Å². The number of ether oxygens (including phenoxy) is 1.